The Kier molecular flexibility index (Phi) is 4.34. The Hall–Kier alpha value is 1.27. The molecule has 0 N–H and O–H groups in total. The highest BCUT2D eigenvalue weighted by molar-refractivity contribution is 14.2. The van der Waals surface area contributed by atoms with Crippen molar-refractivity contribution in [3.8, 4) is 0 Å². The van der Waals surface area contributed by atoms with E-state index in [1.54, 1.807) is 21.2 Å². The summed E-state index contributed by atoms with van der Waals surface area (Å²) in [5.74, 6) is 0. The Labute approximate surface area is 47.2 Å². The van der Waals surface area contributed by atoms with Crippen molar-refractivity contribution in [1.82, 2.24) is 0 Å². The van der Waals surface area contributed by atoms with Crippen LogP contribution < -0.4 is 0 Å². The van der Waals surface area contributed by atoms with Crippen LogP contribution in [0.25, 0.3) is 0 Å². The van der Waals surface area contributed by atoms with Crippen LogP contribution in [0.3, 0.4) is 0 Å². The summed E-state index contributed by atoms with van der Waals surface area (Å²) >= 11 is 1.64. The molecule has 0 aliphatic rings. The summed E-state index contributed by atoms with van der Waals surface area (Å²) in [7, 11) is 0.747. The summed E-state index contributed by atoms with van der Waals surface area (Å²) in [4.78, 5) is 0. The molecule has 5 heavy (non-hydrogen) atoms. The van der Waals surface area contributed by atoms with Gasteiger partial charge in [-0.1, -0.05) is 0 Å². The molecule has 0 spiro atoms. The van der Waals surface area contributed by atoms with E-state index in [2.05, 4.69) is 3.97 Å². The Morgan fingerprint density at radius 1 is 2.00 bits per heavy atom. The van der Waals surface area contributed by atoms with Crippen LogP contribution in [0.15, 0.2) is 0 Å². The zero-order chi connectivity index (χ0) is 4.28. The first-order valence-corrected chi connectivity index (χ1v) is 4.81. The van der Waals surface area contributed by atoms with Gasteiger partial charge in [-0.25, -0.2) is 4.21 Å². The van der Waals surface area contributed by atoms with Crippen LogP contribution in [0.5, 0.6) is 0 Å². The highest BCUT2D eigenvalue weighted by Crippen LogP contribution is 1.99. The van der Waals surface area contributed by atoms with E-state index in [1.165, 1.54) is 0 Å². The first kappa shape index (κ1) is 6.27. The largest absolute Gasteiger partial charge is 0.267 e. The van der Waals surface area contributed by atoms with Crippen molar-refractivity contribution in [3.05, 3.63) is 0 Å². The van der Waals surface area contributed by atoms with E-state index in [4.69, 9.17) is 0 Å². The van der Waals surface area contributed by atoms with Gasteiger partial charge < -0.3 is 0 Å². The summed E-state index contributed by atoms with van der Waals surface area (Å²) < 4.78 is 13.8. The molecule has 0 aromatic carbocycles. The summed E-state index contributed by atoms with van der Waals surface area (Å²) in [5, 5.41) is 0. The molecule has 0 aliphatic heterocycles. The van der Waals surface area contributed by atoms with Crippen molar-refractivity contribution in [1.29, 1.82) is 0 Å². The molecule has 0 aliphatic carbocycles. The fourth-order valence-corrected chi connectivity index (χ4v) is 0. The number of hydrogen-bond donors (Lipinski definition) is 0. The minimum Gasteiger partial charge on any atom is -0.267 e. The topological polar surface area (TPSA) is 26.3 Å². The molecule has 0 saturated carbocycles. The lowest BCUT2D eigenvalue weighted by molar-refractivity contribution is 0.628. The van der Waals surface area contributed by atoms with E-state index in [9.17, 15) is 4.21 Å². The van der Waals surface area contributed by atoms with Gasteiger partial charge in [0, 0.05) is 9.47 Å². The van der Waals surface area contributed by atoms with Crippen molar-refractivity contribution in [2.24, 2.45) is 0 Å². The fraction of sp³-hybridized carbons (Fsp3) is 0. The quantitative estimate of drug-likeness (QED) is 0.374. The molecule has 0 fully saturated rings. The smallest absolute Gasteiger partial charge is 0.222 e. The number of rotatable bonds is 1. The van der Waals surface area contributed by atoms with Gasteiger partial charge in [0.1, 0.15) is 0 Å². The Morgan fingerprint density at radius 3 is 2.20 bits per heavy atom. The van der Waals surface area contributed by atoms with Gasteiger partial charge in [0.05, 0.1) is 21.2 Å². The third-order valence-corrected chi connectivity index (χ3v) is 2.55. The molecule has 32 valence electrons. The summed E-state index contributed by atoms with van der Waals surface area (Å²) in [6, 6.07) is 0. The molecule has 0 saturated heterocycles. The van der Waals surface area contributed by atoms with Crippen molar-refractivity contribution < 1.29 is 8.18 Å². The molecule has 2 atom stereocenters. The lowest BCUT2D eigenvalue weighted by atomic mass is 15.9. The van der Waals surface area contributed by atoms with Crippen LogP contribution in [0.4, 0.5) is 0 Å². The van der Waals surface area contributed by atoms with Crippen LogP contribution in [-0.4, -0.2) is 4.21 Å². The van der Waals surface area contributed by atoms with E-state index in [0.717, 1.165) is 0 Å². The Balaban J connectivity index is 2.85. The number of halogens is 1. The van der Waals surface area contributed by atoms with Crippen LogP contribution in [0.2, 0.25) is 0 Å². The minimum absolute atomic E-state index is 1.14. The molecule has 0 amide bonds. The molecule has 2 unspecified atom stereocenters. The van der Waals surface area contributed by atoms with Gasteiger partial charge >= 0.3 is 0 Å². The van der Waals surface area contributed by atoms with Gasteiger partial charge in [-0.3, -0.25) is 3.97 Å². The second-order valence-electron chi connectivity index (χ2n) is 0.290. The predicted octanol–water partition coefficient (Wildman–Crippen LogP) is 0.807. The third-order valence-electron chi connectivity index (χ3n) is 0.0757. The maximum Gasteiger partial charge on any atom is 0.222 e. The molecule has 0 aromatic rings. The van der Waals surface area contributed by atoms with Crippen molar-refractivity contribution in [3.63, 3.8) is 0 Å². The summed E-state index contributed by atoms with van der Waals surface area (Å²) in [6.45, 7) is 0. The van der Waals surface area contributed by atoms with Crippen molar-refractivity contribution in [2.45, 2.75) is 0 Å². The molecule has 0 bridgehead atoms. The maximum atomic E-state index is 9.67. The van der Waals surface area contributed by atoms with E-state index < -0.39 is 8.25 Å². The zero-order valence-corrected chi connectivity index (χ0v) is 6.31. The molecular formula is H2IO2PS. The van der Waals surface area contributed by atoms with Gasteiger partial charge in [-0.2, -0.15) is 0 Å². The molecule has 5 heteroatoms. The monoisotopic (exact) mass is 224 g/mol. The average molecular weight is 224 g/mol. The van der Waals surface area contributed by atoms with E-state index in [0.29, 0.717) is 0 Å². The Morgan fingerprint density at radius 2 is 2.20 bits per heavy atom. The van der Waals surface area contributed by atoms with Gasteiger partial charge in [-0.05, 0) is 0 Å². The van der Waals surface area contributed by atoms with Crippen molar-refractivity contribution in [2.75, 3.05) is 0 Å². The van der Waals surface area contributed by atoms with Gasteiger partial charge in [-0.15, -0.1) is 0 Å². The molecule has 0 radical (unpaired) electrons. The van der Waals surface area contributed by atoms with Crippen LogP contribution in [0.1, 0.15) is 0 Å². The lowest BCUT2D eigenvalue weighted by Crippen LogP contribution is -1.64. The lowest BCUT2D eigenvalue weighted by Gasteiger charge is -1.75. The molecule has 0 heterocycles. The second-order valence-corrected chi connectivity index (χ2v) is 3.61. The SMILES string of the molecule is O=S(I)OP. The molecule has 0 rings (SSSR count). The van der Waals surface area contributed by atoms with E-state index in [-0.39, 0.29) is 0 Å². The average Bonchev–Trinajstić information content (AvgIpc) is 1.38. The Bertz CT molecular complexity index is 44.9. The first-order valence-electron chi connectivity index (χ1n) is 0.723. The predicted molar refractivity (Wildman–Crippen MR) is 33.0 cm³/mol. The maximum absolute atomic E-state index is 9.67. The van der Waals surface area contributed by atoms with Crippen LogP contribution in [-0.2, 0) is 12.2 Å². The number of hydrogen-bond acceptors (Lipinski definition) is 2. The van der Waals surface area contributed by atoms with Crippen molar-refractivity contribution >= 4 is 38.9 Å². The standard InChI is InChI=1S/H2IO2PS/c1-5(2)3-4/h4H2. The fourth-order valence-electron chi connectivity index (χ4n) is 0. The zero-order valence-electron chi connectivity index (χ0n) is 2.18. The highest BCUT2D eigenvalue weighted by Gasteiger charge is 1.76. The van der Waals surface area contributed by atoms with Crippen LogP contribution in [0, 0.1) is 0 Å². The minimum atomic E-state index is -1.14. The first-order chi connectivity index (χ1) is 2.27. The van der Waals surface area contributed by atoms with Gasteiger partial charge in [0.25, 0.3) is 0 Å². The normalized spacial score (nSPS) is 14.8. The summed E-state index contributed by atoms with van der Waals surface area (Å²) in [6.07, 6.45) is 0. The molecule has 2 nitrogen and oxygen atoms in total. The third kappa shape index (κ3) is 5.27. The highest BCUT2D eigenvalue weighted by atomic mass is 127. The second kappa shape index (κ2) is 3.46. The van der Waals surface area contributed by atoms with Gasteiger partial charge in [0.15, 0.2) is 0 Å². The molecular weight excluding hydrogens is 222 g/mol. The summed E-state index contributed by atoms with van der Waals surface area (Å²) in [5.41, 5.74) is 0. The van der Waals surface area contributed by atoms with E-state index >= 15 is 0 Å². The molecule has 0 aromatic heterocycles. The van der Waals surface area contributed by atoms with E-state index in [1.807, 2.05) is 9.47 Å². The van der Waals surface area contributed by atoms with Crippen LogP contribution >= 0.6 is 30.7 Å². The van der Waals surface area contributed by atoms with Gasteiger partial charge in [0.2, 0.25) is 8.25 Å².